The predicted molar refractivity (Wildman–Crippen MR) is 140 cm³/mol. The molecule has 3 heterocycles. The molecule has 0 radical (unpaired) electrons. The van der Waals surface area contributed by atoms with Crippen LogP contribution in [-0.2, 0) is 14.2 Å². The van der Waals surface area contributed by atoms with Gasteiger partial charge in [-0.2, -0.15) is 0 Å². The largest absolute Gasteiger partial charge is 0.508 e. The van der Waals surface area contributed by atoms with E-state index in [1.807, 2.05) is 0 Å². The van der Waals surface area contributed by atoms with Crippen LogP contribution < -0.4 is 10.2 Å². The van der Waals surface area contributed by atoms with Crippen LogP contribution in [0.5, 0.6) is 34.5 Å². The van der Waals surface area contributed by atoms with Crippen molar-refractivity contribution in [2.24, 2.45) is 0 Å². The molecule has 234 valence electrons. The van der Waals surface area contributed by atoms with Crippen molar-refractivity contribution in [1.29, 1.82) is 0 Å². The molecule has 16 heteroatoms. The topological polar surface area (TPSA) is 269 Å². The summed E-state index contributed by atoms with van der Waals surface area (Å²) in [6.07, 6.45) is -15.8. The third-order valence-electron chi connectivity index (χ3n) is 7.37. The van der Waals surface area contributed by atoms with Gasteiger partial charge in [0, 0.05) is 17.7 Å². The number of ether oxygens (including phenoxy) is 4. The SMILES string of the molecule is CC1O[C@@H](O[C@H]2C(O)[C@@H](O)C(C)O[C@H]2Oc2c(-c3cc(O)c(O)c(O)c3)oc3cc(O)cc(O)c3c2=O)[C@@H](O)C(O)[C@H]1O. The Balaban J connectivity index is 1.63. The van der Waals surface area contributed by atoms with E-state index in [-0.39, 0.29) is 11.1 Å². The predicted octanol–water partition coefficient (Wildman–Crippen LogP) is -0.954. The molecule has 0 aliphatic carbocycles. The molecule has 5 rings (SSSR count). The fourth-order valence-corrected chi connectivity index (χ4v) is 4.94. The highest BCUT2D eigenvalue weighted by molar-refractivity contribution is 5.88. The van der Waals surface area contributed by atoms with Crippen molar-refractivity contribution in [2.75, 3.05) is 0 Å². The number of fused-ring (bicyclic) bond motifs is 1. The second-order valence-electron chi connectivity index (χ2n) is 10.4. The molecule has 0 bridgehead atoms. The van der Waals surface area contributed by atoms with E-state index >= 15 is 0 Å². The Kier molecular flexibility index (Phi) is 8.05. The molecule has 4 unspecified atom stereocenters. The molecular formula is C27H30O16. The standard InChI is InChI=1S/C27H30O16/c1-7-16(32)20(36)22(38)26(39-7)43-25-21(37)17(33)8(2)40-27(25)42-24-19(35)15-11(29)5-10(28)6-14(15)41-23(24)9-3-12(30)18(34)13(31)4-9/h3-8,16-17,20-22,25-34,36-38H,1-2H3/t7?,8?,16-,17-,20?,21?,22-,25-,26-,27-/m0/s1. The Hall–Kier alpha value is -3.87. The Bertz CT molecular complexity index is 1550. The molecule has 0 amide bonds. The monoisotopic (exact) mass is 610 g/mol. The molecule has 3 aromatic rings. The van der Waals surface area contributed by atoms with Crippen molar-refractivity contribution in [3.63, 3.8) is 0 Å². The zero-order chi connectivity index (χ0) is 31.5. The van der Waals surface area contributed by atoms with E-state index in [1.165, 1.54) is 13.8 Å². The van der Waals surface area contributed by atoms with Crippen LogP contribution in [0.4, 0.5) is 0 Å². The smallest absolute Gasteiger partial charge is 0.239 e. The Morgan fingerprint density at radius 1 is 0.698 bits per heavy atom. The lowest BCUT2D eigenvalue weighted by Crippen LogP contribution is -2.63. The van der Waals surface area contributed by atoms with Crippen LogP contribution in [0.3, 0.4) is 0 Å². The van der Waals surface area contributed by atoms with E-state index in [0.717, 1.165) is 24.3 Å². The number of hydrogen-bond acceptors (Lipinski definition) is 16. The number of rotatable bonds is 5. The van der Waals surface area contributed by atoms with Crippen LogP contribution in [-0.4, -0.2) is 112 Å². The van der Waals surface area contributed by atoms with Gasteiger partial charge in [0.25, 0.3) is 0 Å². The zero-order valence-electron chi connectivity index (χ0n) is 22.5. The summed E-state index contributed by atoms with van der Waals surface area (Å²) in [5, 5.41) is 102. The normalized spacial score (nSPS) is 33.0. The lowest BCUT2D eigenvalue weighted by Gasteiger charge is -2.45. The average molecular weight is 611 g/mol. The summed E-state index contributed by atoms with van der Waals surface area (Å²) in [6, 6.07) is 3.67. The average Bonchev–Trinajstić information content (AvgIpc) is 2.94. The molecule has 1 aromatic heterocycles. The van der Waals surface area contributed by atoms with Gasteiger partial charge in [-0.05, 0) is 26.0 Å². The van der Waals surface area contributed by atoms with Crippen molar-refractivity contribution in [3.8, 4) is 45.8 Å². The Morgan fingerprint density at radius 3 is 1.91 bits per heavy atom. The third-order valence-corrected chi connectivity index (χ3v) is 7.37. The summed E-state index contributed by atoms with van der Waals surface area (Å²) in [5.41, 5.74) is -1.64. The fraction of sp³-hybridized carbons (Fsp3) is 0.444. The van der Waals surface area contributed by atoms with Crippen LogP contribution in [0.2, 0.25) is 0 Å². The first kappa shape index (κ1) is 30.6. The van der Waals surface area contributed by atoms with Gasteiger partial charge in [0.1, 0.15) is 53.0 Å². The quantitative estimate of drug-likeness (QED) is 0.156. The number of hydrogen-bond donors (Lipinski definition) is 10. The van der Waals surface area contributed by atoms with Crippen LogP contribution in [0, 0.1) is 0 Å². The Labute approximate surface area is 241 Å². The van der Waals surface area contributed by atoms with Crippen LogP contribution in [0.15, 0.2) is 33.5 Å². The molecule has 10 N–H and O–H groups in total. The van der Waals surface area contributed by atoms with Gasteiger partial charge in [0.2, 0.25) is 17.5 Å². The summed E-state index contributed by atoms with van der Waals surface area (Å²) >= 11 is 0. The first-order valence-electron chi connectivity index (χ1n) is 13.0. The van der Waals surface area contributed by atoms with E-state index in [9.17, 15) is 55.9 Å². The molecular weight excluding hydrogens is 580 g/mol. The molecule has 43 heavy (non-hydrogen) atoms. The molecule has 2 aliphatic heterocycles. The van der Waals surface area contributed by atoms with Gasteiger partial charge in [-0.15, -0.1) is 0 Å². The third kappa shape index (κ3) is 5.39. The van der Waals surface area contributed by atoms with Crippen molar-refractivity contribution >= 4 is 11.0 Å². The number of aromatic hydroxyl groups is 5. The van der Waals surface area contributed by atoms with Crippen LogP contribution >= 0.6 is 0 Å². The molecule has 0 saturated carbocycles. The molecule has 2 aliphatic rings. The number of phenolic OH excluding ortho intramolecular Hbond substituents is 5. The first-order chi connectivity index (χ1) is 20.2. The van der Waals surface area contributed by atoms with Crippen molar-refractivity contribution in [1.82, 2.24) is 0 Å². The van der Waals surface area contributed by atoms with Gasteiger partial charge in [0.05, 0.1) is 12.2 Å². The lowest BCUT2D eigenvalue weighted by atomic mass is 9.98. The van der Waals surface area contributed by atoms with E-state index in [0.29, 0.717) is 0 Å². The summed E-state index contributed by atoms with van der Waals surface area (Å²) in [4.78, 5) is 13.7. The van der Waals surface area contributed by atoms with Crippen LogP contribution in [0.25, 0.3) is 22.3 Å². The molecule has 2 fully saturated rings. The Morgan fingerprint density at radius 2 is 1.28 bits per heavy atom. The van der Waals surface area contributed by atoms with Gasteiger partial charge >= 0.3 is 0 Å². The highest BCUT2D eigenvalue weighted by Gasteiger charge is 2.50. The van der Waals surface area contributed by atoms with E-state index in [2.05, 4.69) is 0 Å². The molecule has 2 aromatic carbocycles. The maximum absolute atomic E-state index is 13.7. The van der Waals surface area contributed by atoms with Gasteiger partial charge in [-0.1, -0.05) is 0 Å². The highest BCUT2D eigenvalue weighted by Crippen LogP contribution is 2.43. The second-order valence-corrected chi connectivity index (χ2v) is 10.4. The summed E-state index contributed by atoms with van der Waals surface area (Å²) in [7, 11) is 0. The molecule has 2 saturated heterocycles. The first-order valence-corrected chi connectivity index (χ1v) is 13.0. The minimum atomic E-state index is -1.83. The van der Waals surface area contributed by atoms with E-state index in [4.69, 9.17) is 23.4 Å². The summed E-state index contributed by atoms with van der Waals surface area (Å²) in [5.74, 6) is -4.95. The minimum Gasteiger partial charge on any atom is -0.508 e. The number of benzene rings is 2. The lowest BCUT2D eigenvalue weighted by molar-refractivity contribution is -0.352. The maximum atomic E-state index is 13.7. The molecule has 10 atom stereocenters. The number of aliphatic hydroxyl groups is 5. The molecule has 0 spiro atoms. The van der Waals surface area contributed by atoms with Gasteiger partial charge < -0.3 is 74.4 Å². The van der Waals surface area contributed by atoms with Gasteiger partial charge in [0.15, 0.2) is 35.4 Å². The van der Waals surface area contributed by atoms with Crippen molar-refractivity contribution < 1.29 is 74.4 Å². The number of aliphatic hydroxyl groups excluding tert-OH is 5. The fourth-order valence-electron chi connectivity index (χ4n) is 4.94. The highest BCUT2D eigenvalue weighted by atomic mass is 16.8. The van der Waals surface area contributed by atoms with Crippen LogP contribution in [0.1, 0.15) is 13.8 Å². The number of phenols is 5. The summed E-state index contributed by atoms with van der Waals surface area (Å²) < 4.78 is 28.4. The zero-order valence-corrected chi connectivity index (χ0v) is 22.5. The molecule has 16 nitrogen and oxygen atoms in total. The summed E-state index contributed by atoms with van der Waals surface area (Å²) in [6.45, 7) is 2.75. The maximum Gasteiger partial charge on any atom is 0.239 e. The van der Waals surface area contributed by atoms with Crippen molar-refractivity contribution in [2.45, 2.75) is 75.3 Å². The van der Waals surface area contributed by atoms with Gasteiger partial charge in [-0.3, -0.25) is 4.79 Å². The van der Waals surface area contributed by atoms with E-state index in [1.54, 1.807) is 0 Å². The van der Waals surface area contributed by atoms with Gasteiger partial charge in [-0.25, -0.2) is 0 Å². The van der Waals surface area contributed by atoms with E-state index < -0.39 is 112 Å². The minimum absolute atomic E-state index is 0.233. The second kappa shape index (κ2) is 11.3. The van der Waals surface area contributed by atoms with Crippen molar-refractivity contribution in [3.05, 3.63) is 34.5 Å².